The summed E-state index contributed by atoms with van der Waals surface area (Å²) in [5.41, 5.74) is -0.472. The first-order valence-corrected chi connectivity index (χ1v) is 11.7. The van der Waals surface area contributed by atoms with Crippen LogP contribution in [0.5, 0.6) is 5.75 Å². The van der Waals surface area contributed by atoms with Crippen molar-refractivity contribution in [3.63, 3.8) is 0 Å². The van der Waals surface area contributed by atoms with Crippen molar-refractivity contribution in [2.75, 3.05) is 19.0 Å². The highest BCUT2D eigenvalue weighted by Gasteiger charge is 2.65. The van der Waals surface area contributed by atoms with E-state index in [2.05, 4.69) is 0 Å². The normalized spacial score (nSPS) is 30.7. The van der Waals surface area contributed by atoms with E-state index in [9.17, 15) is 34.2 Å². The Kier molecular flexibility index (Phi) is 5.79. The molecule has 182 valence electrons. The number of carbonyl (C=O) groups is 5. The number of ketones is 5. The summed E-state index contributed by atoms with van der Waals surface area (Å²) < 4.78 is 0. The van der Waals surface area contributed by atoms with Crippen molar-refractivity contribution < 1.29 is 34.2 Å². The van der Waals surface area contributed by atoms with Gasteiger partial charge in [-0.05, 0) is 55.2 Å². The Morgan fingerprint density at radius 2 is 1.79 bits per heavy atom. The van der Waals surface area contributed by atoms with Gasteiger partial charge in [-0.2, -0.15) is 0 Å². The summed E-state index contributed by atoms with van der Waals surface area (Å²) in [6.45, 7) is 5.07. The number of aromatic hydroxyl groups is 1. The summed E-state index contributed by atoms with van der Waals surface area (Å²) in [6, 6.07) is 1.87. The van der Waals surface area contributed by atoms with Crippen molar-refractivity contribution in [3.8, 4) is 5.75 Å². The molecule has 0 bridgehead atoms. The standard InChI is InChI=1S/C26H31NO7/c1-11(2)6-14-9-17(27(4)5)16-8-13-7-15-10-18(29)19(12(3)28)24(32)26(15,34)25(33)20(13)23(31)21(16)22(14)30/h9,11,13,15,19-20,30,34H,6-8,10H2,1-5H3. The molecule has 0 aromatic heterocycles. The molecule has 3 aliphatic carbocycles. The Labute approximate surface area is 198 Å². The Hall–Kier alpha value is -2.87. The molecule has 4 rings (SSSR count). The van der Waals surface area contributed by atoms with Gasteiger partial charge in [-0.1, -0.05) is 13.8 Å². The maximum absolute atomic E-state index is 13.7. The van der Waals surface area contributed by atoms with E-state index in [1.165, 1.54) is 0 Å². The van der Waals surface area contributed by atoms with Gasteiger partial charge in [0.15, 0.2) is 28.7 Å². The number of phenolic OH excluding ortho intramolecular Hbond substituents is 1. The quantitative estimate of drug-likeness (QED) is 0.638. The number of Topliss-reactive ketones (excluding diaryl/α,β-unsaturated/α-hetero) is 5. The van der Waals surface area contributed by atoms with E-state index < -0.39 is 58.2 Å². The average molecular weight is 470 g/mol. The van der Waals surface area contributed by atoms with Crippen LogP contribution in [-0.4, -0.2) is 58.8 Å². The number of hydrogen-bond acceptors (Lipinski definition) is 8. The number of carbonyl (C=O) groups excluding carboxylic acids is 5. The van der Waals surface area contributed by atoms with Crippen LogP contribution in [-0.2, 0) is 32.0 Å². The van der Waals surface area contributed by atoms with Crippen molar-refractivity contribution in [2.45, 2.75) is 52.1 Å². The molecule has 34 heavy (non-hydrogen) atoms. The number of anilines is 1. The van der Waals surface area contributed by atoms with Crippen molar-refractivity contribution in [3.05, 3.63) is 22.8 Å². The van der Waals surface area contributed by atoms with Crippen LogP contribution >= 0.6 is 0 Å². The molecule has 1 aromatic rings. The summed E-state index contributed by atoms with van der Waals surface area (Å²) in [5.74, 6) is -8.41. The SMILES string of the molecule is CC(=O)C1C(=O)CC2CC3Cc4c(N(C)C)cc(CC(C)C)c(O)c4C(=O)C3C(=O)C2(O)C1=O. The third-order valence-corrected chi connectivity index (χ3v) is 7.69. The molecule has 0 aliphatic heterocycles. The Bertz CT molecular complexity index is 1130. The zero-order valence-corrected chi connectivity index (χ0v) is 20.2. The number of aliphatic hydroxyl groups is 1. The molecule has 0 saturated heterocycles. The molecule has 3 aliphatic rings. The van der Waals surface area contributed by atoms with E-state index in [1.54, 1.807) is 0 Å². The summed E-state index contributed by atoms with van der Waals surface area (Å²) in [6.07, 6.45) is 0.691. The Morgan fingerprint density at radius 3 is 2.35 bits per heavy atom. The smallest absolute Gasteiger partial charge is 0.190 e. The van der Waals surface area contributed by atoms with Gasteiger partial charge in [0.2, 0.25) is 0 Å². The number of hydrogen-bond donors (Lipinski definition) is 2. The maximum Gasteiger partial charge on any atom is 0.190 e. The molecular formula is C26H31NO7. The van der Waals surface area contributed by atoms with Crippen LogP contribution < -0.4 is 4.90 Å². The predicted molar refractivity (Wildman–Crippen MR) is 123 cm³/mol. The monoisotopic (exact) mass is 469 g/mol. The molecule has 0 amide bonds. The van der Waals surface area contributed by atoms with Gasteiger partial charge in [-0.15, -0.1) is 0 Å². The topological polar surface area (TPSA) is 129 Å². The average Bonchev–Trinajstić information content (AvgIpc) is 2.71. The molecule has 5 atom stereocenters. The van der Waals surface area contributed by atoms with Crippen LogP contribution in [0, 0.1) is 29.6 Å². The minimum atomic E-state index is -2.55. The number of benzene rings is 1. The highest BCUT2D eigenvalue weighted by molar-refractivity contribution is 6.31. The molecule has 2 N–H and O–H groups in total. The van der Waals surface area contributed by atoms with Crippen LogP contribution in [0.1, 0.15) is 55.1 Å². The minimum absolute atomic E-state index is 0.0703. The Morgan fingerprint density at radius 1 is 1.15 bits per heavy atom. The first kappa shape index (κ1) is 24.3. The van der Waals surface area contributed by atoms with Gasteiger partial charge in [-0.25, -0.2) is 0 Å². The van der Waals surface area contributed by atoms with Crippen LogP contribution in [0.15, 0.2) is 6.07 Å². The summed E-state index contributed by atoms with van der Waals surface area (Å²) >= 11 is 0. The lowest BCUT2D eigenvalue weighted by atomic mass is 9.53. The van der Waals surface area contributed by atoms with Crippen LogP contribution in [0.2, 0.25) is 0 Å². The number of rotatable bonds is 4. The summed E-state index contributed by atoms with van der Waals surface area (Å²) in [4.78, 5) is 66.8. The lowest BCUT2D eigenvalue weighted by molar-refractivity contribution is -0.175. The summed E-state index contributed by atoms with van der Waals surface area (Å²) in [5, 5.41) is 22.4. The fourth-order valence-electron chi connectivity index (χ4n) is 6.19. The van der Waals surface area contributed by atoms with Gasteiger partial charge in [0.1, 0.15) is 17.5 Å². The molecule has 1 aromatic carbocycles. The largest absolute Gasteiger partial charge is 0.507 e. The van der Waals surface area contributed by atoms with Crippen molar-refractivity contribution in [1.29, 1.82) is 0 Å². The molecule has 2 fully saturated rings. The molecule has 8 nitrogen and oxygen atoms in total. The highest BCUT2D eigenvalue weighted by Crippen LogP contribution is 2.51. The van der Waals surface area contributed by atoms with E-state index >= 15 is 0 Å². The molecule has 0 heterocycles. The second kappa shape index (κ2) is 8.12. The molecular weight excluding hydrogens is 438 g/mol. The van der Waals surface area contributed by atoms with Crippen molar-refractivity contribution in [2.24, 2.45) is 29.6 Å². The van der Waals surface area contributed by atoms with Crippen molar-refractivity contribution >= 4 is 34.6 Å². The van der Waals surface area contributed by atoms with Crippen LogP contribution in [0.4, 0.5) is 5.69 Å². The van der Waals surface area contributed by atoms with Crippen LogP contribution in [0.25, 0.3) is 0 Å². The zero-order valence-electron chi connectivity index (χ0n) is 20.2. The van der Waals surface area contributed by atoms with E-state index in [0.717, 1.165) is 12.6 Å². The van der Waals surface area contributed by atoms with Gasteiger partial charge in [-0.3, -0.25) is 24.0 Å². The van der Waals surface area contributed by atoms with Crippen LogP contribution in [0.3, 0.4) is 0 Å². The lowest BCUT2D eigenvalue weighted by Crippen LogP contribution is -2.67. The van der Waals surface area contributed by atoms with E-state index in [4.69, 9.17) is 0 Å². The summed E-state index contributed by atoms with van der Waals surface area (Å²) in [7, 11) is 3.68. The molecule has 0 radical (unpaired) electrons. The first-order chi connectivity index (χ1) is 15.8. The molecule has 2 saturated carbocycles. The first-order valence-electron chi connectivity index (χ1n) is 11.7. The van der Waals surface area contributed by atoms with Gasteiger partial charge < -0.3 is 15.1 Å². The third kappa shape index (κ3) is 3.34. The molecule has 5 unspecified atom stereocenters. The van der Waals surface area contributed by atoms with E-state index in [-0.39, 0.29) is 30.1 Å². The number of nitrogens with zero attached hydrogens (tertiary/aromatic N) is 1. The van der Waals surface area contributed by atoms with Gasteiger partial charge in [0.05, 0.1) is 11.5 Å². The van der Waals surface area contributed by atoms with Gasteiger partial charge in [0, 0.05) is 32.1 Å². The maximum atomic E-state index is 13.7. The van der Waals surface area contributed by atoms with E-state index in [1.807, 2.05) is 38.9 Å². The van der Waals surface area contributed by atoms with E-state index in [0.29, 0.717) is 24.0 Å². The molecule has 0 spiro atoms. The second-order valence-corrected chi connectivity index (χ2v) is 10.7. The fourth-order valence-corrected chi connectivity index (χ4v) is 6.19. The third-order valence-electron chi connectivity index (χ3n) is 7.69. The lowest BCUT2D eigenvalue weighted by Gasteiger charge is -2.49. The predicted octanol–water partition coefficient (Wildman–Crippen LogP) is 1.70. The highest BCUT2D eigenvalue weighted by atomic mass is 16.3. The second-order valence-electron chi connectivity index (χ2n) is 10.7. The molecule has 8 heteroatoms. The Balaban J connectivity index is 1.85. The fraction of sp³-hybridized carbons (Fsp3) is 0.577. The zero-order chi connectivity index (χ0) is 25.3. The minimum Gasteiger partial charge on any atom is -0.507 e. The van der Waals surface area contributed by atoms with Gasteiger partial charge in [0.25, 0.3) is 0 Å². The number of fused-ring (bicyclic) bond motifs is 3. The number of phenols is 1. The van der Waals surface area contributed by atoms with Crippen molar-refractivity contribution in [1.82, 2.24) is 0 Å². The van der Waals surface area contributed by atoms with Gasteiger partial charge >= 0.3 is 0 Å².